The van der Waals surface area contributed by atoms with Gasteiger partial charge in [-0.1, -0.05) is 15.9 Å². The fraction of sp³-hybridized carbons (Fsp3) is 0.500. The summed E-state index contributed by atoms with van der Waals surface area (Å²) in [5.74, 6) is 0. The summed E-state index contributed by atoms with van der Waals surface area (Å²) < 4.78 is 0.705. The maximum Gasteiger partial charge on any atom is 0.275 e. The van der Waals surface area contributed by atoms with Crippen molar-refractivity contribution in [3.8, 4) is 0 Å². The smallest absolute Gasteiger partial charge is 0.275 e. The fourth-order valence-corrected chi connectivity index (χ4v) is 2.61. The van der Waals surface area contributed by atoms with E-state index in [0.29, 0.717) is 23.1 Å². The van der Waals surface area contributed by atoms with Crippen molar-refractivity contribution in [1.29, 1.82) is 0 Å². The Morgan fingerprint density at radius 3 is 3.00 bits per heavy atom. The lowest BCUT2D eigenvalue weighted by Gasteiger charge is -2.29. The molecule has 2 rings (SSSR count). The zero-order valence-corrected chi connectivity index (χ0v) is 11.5. The summed E-state index contributed by atoms with van der Waals surface area (Å²) in [6, 6.07) is 5.10. The topological polar surface area (TPSA) is 66.6 Å². The highest BCUT2D eigenvalue weighted by atomic mass is 79.9. The van der Waals surface area contributed by atoms with Crippen LogP contribution in [0.15, 0.2) is 22.7 Å². The highest BCUT2D eigenvalue weighted by Crippen LogP contribution is 2.25. The third kappa shape index (κ3) is 3.28. The van der Waals surface area contributed by atoms with Gasteiger partial charge in [-0.05, 0) is 31.5 Å². The Morgan fingerprint density at radius 2 is 2.33 bits per heavy atom. The van der Waals surface area contributed by atoms with Crippen molar-refractivity contribution in [2.24, 2.45) is 0 Å². The molecule has 1 aromatic carbocycles. The predicted octanol–water partition coefficient (Wildman–Crippen LogP) is 2.31. The van der Waals surface area contributed by atoms with Crippen LogP contribution in [0.1, 0.15) is 18.4 Å². The standard InChI is InChI=1S/C12H15BrN2O3/c13-10-4-3-9(12(6-10)15(17)18)7-14-5-1-2-11(16)8-14/h3-4,6,11,16H,1-2,5,7-8H2/t11-/m0/s1. The van der Waals surface area contributed by atoms with Crippen LogP contribution in [0.3, 0.4) is 0 Å². The largest absolute Gasteiger partial charge is 0.392 e. The van der Waals surface area contributed by atoms with E-state index in [1.807, 2.05) is 6.07 Å². The Morgan fingerprint density at radius 1 is 1.56 bits per heavy atom. The van der Waals surface area contributed by atoms with Gasteiger partial charge in [-0.15, -0.1) is 0 Å². The second kappa shape index (κ2) is 5.77. The van der Waals surface area contributed by atoms with Gasteiger partial charge in [-0.3, -0.25) is 15.0 Å². The molecular formula is C12H15BrN2O3. The molecule has 1 atom stereocenters. The van der Waals surface area contributed by atoms with Gasteiger partial charge in [-0.2, -0.15) is 0 Å². The number of aliphatic hydroxyl groups excluding tert-OH is 1. The van der Waals surface area contributed by atoms with Gasteiger partial charge in [-0.25, -0.2) is 0 Å². The summed E-state index contributed by atoms with van der Waals surface area (Å²) in [5.41, 5.74) is 0.821. The molecule has 1 N–H and O–H groups in total. The summed E-state index contributed by atoms with van der Waals surface area (Å²) in [7, 11) is 0. The molecule has 1 aromatic rings. The summed E-state index contributed by atoms with van der Waals surface area (Å²) in [4.78, 5) is 12.7. The Balaban J connectivity index is 2.15. The van der Waals surface area contributed by atoms with Crippen LogP contribution in [0, 0.1) is 10.1 Å². The van der Waals surface area contributed by atoms with Crippen molar-refractivity contribution in [3.05, 3.63) is 38.3 Å². The zero-order chi connectivity index (χ0) is 13.1. The molecule has 0 spiro atoms. The van der Waals surface area contributed by atoms with E-state index in [-0.39, 0.29) is 16.7 Å². The van der Waals surface area contributed by atoms with Crippen LogP contribution in [-0.2, 0) is 6.54 Å². The van der Waals surface area contributed by atoms with Crippen LogP contribution in [-0.4, -0.2) is 34.1 Å². The van der Waals surface area contributed by atoms with Gasteiger partial charge in [0.05, 0.1) is 11.0 Å². The molecule has 5 nitrogen and oxygen atoms in total. The molecule has 1 aliphatic heterocycles. The first-order chi connectivity index (χ1) is 8.56. The first kappa shape index (κ1) is 13.5. The van der Waals surface area contributed by atoms with Gasteiger partial charge >= 0.3 is 0 Å². The highest BCUT2D eigenvalue weighted by molar-refractivity contribution is 9.10. The SMILES string of the molecule is O=[N+]([O-])c1cc(Br)ccc1CN1CCC[C@H](O)C1. The van der Waals surface area contributed by atoms with Crippen LogP contribution in [0.4, 0.5) is 5.69 Å². The van der Waals surface area contributed by atoms with Crippen LogP contribution >= 0.6 is 15.9 Å². The van der Waals surface area contributed by atoms with Gasteiger partial charge in [0, 0.05) is 29.2 Å². The van der Waals surface area contributed by atoms with E-state index < -0.39 is 0 Å². The summed E-state index contributed by atoms with van der Waals surface area (Å²) in [6.45, 7) is 1.98. The number of halogens is 1. The molecular weight excluding hydrogens is 300 g/mol. The summed E-state index contributed by atoms with van der Waals surface area (Å²) in [5, 5.41) is 20.6. The van der Waals surface area contributed by atoms with Gasteiger partial charge < -0.3 is 5.11 Å². The van der Waals surface area contributed by atoms with Gasteiger partial charge in [0.2, 0.25) is 0 Å². The number of benzene rings is 1. The van der Waals surface area contributed by atoms with Crippen LogP contribution < -0.4 is 0 Å². The van der Waals surface area contributed by atoms with E-state index in [4.69, 9.17) is 0 Å². The average molecular weight is 315 g/mol. The van der Waals surface area contributed by atoms with Crippen molar-refractivity contribution < 1.29 is 10.0 Å². The summed E-state index contributed by atoms with van der Waals surface area (Å²) in [6.07, 6.45) is 1.44. The first-order valence-corrected chi connectivity index (χ1v) is 6.69. The van der Waals surface area contributed by atoms with Crippen LogP contribution in [0.25, 0.3) is 0 Å². The number of nitrogens with zero attached hydrogens (tertiary/aromatic N) is 2. The Labute approximate surface area is 114 Å². The molecule has 0 saturated carbocycles. The van der Waals surface area contributed by atoms with Crippen LogP contribution in [0.2, 0.25) is 0 Å². The van der Waals surface area contributed by atoms with E-state index in [9.17, 15) is 15.2 Å². The van der Waals surface area contributed by atoms with Crippen molar-refractivity contribution in [3.63, 3.8) is 0 Å². The van der Waals surface area contributed by atoms with Crippen molar-refractivity contribution >= 4 is 21.6 Å². The minimum Gasteiger partial charge on any atom is -0.392 e. The number of aliphatic hydroxyl groups is 1. The molecule has 1 fully saturated rings. The Hall–Kier alpha value is -0.980. The number of β-amino-alcohol motifs (C(OH)–C–C–N with tert-alkyl or cyclic N) is 1. The minimum absolute atomic E-state index is 0.129. The van der Waals surface area contributed by atoms with Gasteiger partial charge in [0.1, 0.15) is 0 Å². The Kier molecular flexibility index (Phi) is 4.31. The number of nitro groups is 1. The molecule has 18 heavy (non-hydrogen) atoms. The molecule has 0 amide bonds. The van der Waals surface area contributed by atoms with Crippen molar-refractivity contribution in [1.82, 2.24) is 4.90 Å². The maximum atomic E-state index is 11.0. The molecule has 0 bridgehead atoms. The second-order valence-electron chi connectivity index (χ2n) is 4.56. The number of nitro benzene ring substituents is 1. The number of rotatable bonds is 3. The van der Waals surface area contributed by atoms with E-state index in [1.54, 1.807) is 6.07 Å². The highest BCUT2D eigenvalue weighted by Gasteiger charge is 2.21. The lowest BCUT2D eigenvalue weighted by molar-refractivity contribution is -0.385. The number of likely N-dealkylation sites (tertiary alicyclic amines) is 1. The Bertz CT molecular complexity index is 453. The maximum absolute atomic E-state index is 11.0. The monoisotopic (exact) mass is 314 g/mol. The molecule has 0 aliphatic carbocycles. The third-order valence-electron chi connectivity index (χ3n) is 3.12. The molecule has 6 heteroatoms. The molecule has 0 unspecified atom stereocenters. The molecule has 1 aliphatic rings. The van der Waals surface area contributed by atoms with E-state index in [2.05, 4.69) is 20.8 Å². The number of hydrogen-bond acceptors (Lipinski definition) is 4. The quantitative estimate of drug-likeness (QED) is 0.686. The van der Waals surface area contributed by atoms with Crippen LogP contribution in [0.5, 0.6) is 0 Å². The van der Waals surface area contributed by atoms with Gasteiger partial charge in [0.25, 0.3) is 5.69 Å². The summed E-state index contributed by atoms with van der Waals surface area (Å²) >= 11 is 3.24. The zero-order valence-electron chi connectivity index (χ0n) is 9.88. The lowest BCUT2D eigenvalue weighted by atomic mass is 10.1. The lowest BCUT2D eigenvalue weighted by Crippen LogP contribution is -2.37. The molecule has 0 aromatic heterocycles. The van der Waals surface area contributed by atoms with E-state index in [0.717, 1.165) is 19.4 Å². The second-order valence-corrected chi connectivity index (χ2v) is 5.48. The number of piperidine rings is 1. The molecule has 0 radical (unpaired) electrons. The van der Waals surface area contributed by atoms with Crippen molar-refractivity contribution in [2.45, 2.75) is 25.5 Å². The van der Waals surface area contributed by atoms with Crippen molar-refractivity contribution in [2.75, 3.05) is 13.1 Å². The average Bonchev–Trinajstić information content (AvgIpc) is 2.31. The minimum atomic E-state index is -0.361. The molecule has 1 heterocycles. The third-order valence-corrected chi connectivity index (χ3v) is 3.61. The van der Waals surface area contributed by atoms with Gasteiger partial charge in [0.15, 0.2) is 0 Å². The normalized spacial score (nSPS) is 20.9. The molecule has 98 valence electrons. The first-order valence-electron chi connectivity index (χ1n) is 5.89. The molecule has 1 saturated heterocycles. The fourth-order valence-electron chi connectivity index (χ4n) is 2.26. The van der Waals surface area contributed by atoms with E-state index >= 15 is 0 Å². The predicted molar refractivity (Wildman–Crippen MR) is 71.3 cm³/mol. The number of hydrogen-bond donors (Lipinski definition) is 1. The van der Waals surface area contributed by atoms with E-state index in [1.165, 1.54) is 6.07 Å².